The fourth-order valence-electron chi connectivity index (χ4n) is 2.68. The van der Waals surface area contributed by atoms with Gasteiger partial charge in [0.1, 0.15) is 0 Å². The zero-order valence-corrected chi connectivity index (χ0v) is 17.8. The highest BCUT2D eigenvalue weighted by Gasteiger charge is 2.23. The van der Waals surface area contributed by atoms with Crippen molar-refractivity contribution in [3.63, 3.8) is 0 Å². The number of hydrogen-bond acceptors (Lipinski definition) is 4. The molecule has 0 atom stereocenters. The minimum Gasteiger partial charge on any atom is -0.472 e. The van der Waals surface area contributed by atoms with Gasteiger partial charge in [0.05, 0.1) is 6.61 Å². The SMILES string of the molecule is CCOC(=O)N1CCN(C(=O)C#Cc2ccccc2)CC1.O=C(O)C#Cc1ccccc1. The lowest BCUT2D eigenvalue weighted by atomic mass is 10.2. The van der Waals surface area contributed by atoms with Crippen LogP contribution >= 0.6 is 0 Å². The van der Waals surface area contributed by atoms with E-state index in [1.165, 1.54) is 0 Å². The molecule has 1 saturated heterocycles. The smallest absolute Gasteiger partial charge is 0.409 e. The lowest BCUT2D eigenvalue weighted by Gasteiger charge is -2.32. The first kappa shape index (κ1) is 24.0. The third kappa shape index (κ3) is 8.64. The number of carbonyl (C=O) groups excluding carboxylic acids is 2. The number of carbonyl (C=O) groups is 3. The van der Waals surface area contributed by atoms with Crippen LogP contribution in [0.1, 0.15) is 18.1 Å². The monoisotopic (exact) mass is 432 g/mol. The zero-order valence-electron chi connectivity index (χ0n) is 17.8. The van der Waals surface area contributed by atoms with Crippen molar-refractivity contribution in [1.29, 1.82) is 0 Å². The molecule has 2 amide bonds. The summed E-state index contributed by atoms with van der Waals surface area (Å²) in [7, 11) is 0. The quantitative estimate of drug-likeness (QED) is 0.700. The molecule has 0 radical (unpaired) electrons. The lowest BCUT2D eigenvalue weighted by molar-refractivity contribution is -0.130. The number of nitrogens with zero attached hydrogens (tertiary/aromatic N) is 2. The van der Waals surface area contributed by atoms with Crippen LogP contribution < -0.4 is 0 Å². The van der Waals surface area contributed by atoms with E-state index in [2.05, 4.69) is 17.8 Å². The van der Waals surface area contributed by atoms with Crippen molar-refractivity contribution >= 4 is 18.0 Å². The number of piperazine rings is 1. The number of aliphatic carboxylic acids is 1. The first-order chi connectivity index (χ1) is 15.5. The van der Waals surface area contributed by atoms with E-state index < -0.39 is 5.97 Å². The summed E-state index contributed by atoms with van der Waals surface area (Å²) in [5.74, 6) is 8.70. The van der Waals surface area contributed by atoms with Crippen LogP contribution in [0, 0.1) is 23.7 Å². The minimum atomic E-state index is -1.10. The molecular weight excluding hydrogens is 408 g/mol. The van der Waals surface area contributed by atoms with Crippen molar-refractivity contribution in [3.05, 3.63) is 71.8 Å². The van der Waals surface area contributed by atoms with Crippen LogP contribution in [0.2, 0.25) is 0 Å². The minimum absolute atomic E-state index is 0.206. The van der Waals surface area contributed by atoms with E-state index in [1.54, 1.807) is 28.9 Å². The predicted molar refractivity (Wildman–Crippen MR) is 119 cm³/mol. The van der Waals surface area contributed by atoms with E-state index in [-0.39, 0.29) is 12.0 Å². The molecule has 0 aliphatic carbocycles. The van der Waals surface area contributed by atoms with Gasteiger partial charge < -0.3 is 19.6 Å². The zero-order chi connectivity index (χ0) is 23.2. The molecule has 2 aromatic rings. The molecule has 1 fully saturated rings. The van der Waals surface area contributed by atoms with Crippen molar-refractivity contribution in [1.82, 2.24) is 9.80 Å². The molecule has 3 rings (SSSR count). The normalized spacial score (nSPS) is 12.0. The molecule has 1 aliphatic heterocycles. The Morgan fingerprint density at radius 3 is 1.75 bits per heavy atom. The van der Waals surface area contributed by atoms with Gasteiger partial charge in [-0.2, -0.15) is 0 Å². The second-order valence-corrected chi connectivity index (χ2v) is 6.52. The molecule has 0 bridgehead atoms. The summed E-state index contributed by atoms with van der Waals surface area (Å²) >= 11 is 0. The number of benzene rings is 2. The molecule has 0 aromatic heterocycles. The molecule has 7 nitrogen and oxygen atoms in total. The Morgan fingerprint density at radius 1 is 0.812 bits per heavy atom. The fourth-order valence-corrected chi connectivity index (χ4v) is 2.68. The molecule has 1 N–H and O–H groups in total. The van der Waals surface area contributed by atoms with Gasteiger partial charge in [-0.15, -0.1) is 0 Å². The molecule has 1 aliphatic rings. The summed E-state index contributed by atoms with van der Waals surface area (Å²) in [4.78, 5) is 36.8. The Kier molecular flexibility index (Phi) is 9.88. The number of carboxylic acids is 1. The van der Waals surface area contributed by atoms with Crippen molar-refractivity contribution in [2.45, 2.75) is 6.92 Å². The maximum Gasteiger partial charge on any atom is 0.409 e. The van der Waals surface area contributed by atoms with Gasteiger partial charge in [0.15, 0.2) is 0 Å². The Balaban J connectivity index is 0.000000278. The average Bonchev–Trinajstić information content (AvgIpc) is 2.83. The highest BCUT2D eigenvalue weighted by Crippen LogP contribution is 2.04. The van der Waals surface area contributed by atoms with E-state index in [1.807, 2.05) is 54.5 Å². The summed E-state index contributed by atoms with van der Waals surface area (Å²) in [6.07, 6.45) is -0.319. The first-order valence-electron chi connectivity index (χ1n) is 10.1. The van der Waals surface area contributed by atoms with Crippen LogP contribution in [0.3, 0.4) is 0 Å². The topological polar surface area (TPSA) is 87.2 Å². The van der Waals surface area contributed by atoms with Crippen LogP contribution in [0.25, 0.3) is 0 Å². The van der Waals surface area contributed by atoms with Crippen molar-refractivity contribution in [3.8, 4) is 23.7 Å². The second-order valence-electron chi connectivity index (χ2n) is 6.52. The van der Waals surface area contributed by atoms with Gasteiger partial charge in [-0.1, -0.05) is 48.2 Å². The van der Waals surface area contributed by atoms with Crippen molar-refractivity contribution in [2.75, 3.05) is 32.8 Å². The Bertz CT molecular complexity index is 1020. The highest BCUT2D eigenvalue weighted by molar-refractivity contribution is 5.94. The van der Waals surface area contributed by atoms with E-state index in [0.717, 1.165) is 11.1 Å². The molecular formula is C25H24N2O5. The van der Waals surface area contributed by atoms with Gasteiger partial charge in [-0.25, -0.2) is 9.59 Å². The Labute approximate surface area is 187 Å². The summed E-state index contributed by atoms with van der Waals surface area (Å²) in [6, 6.07) is 18.4. The van der Waals surface area contributed by atoms with Gasteiger partial charge in [0.2, 0.25) is 0 Å². The summed E-state index contributed by atoms with van der Waals surface area (Å²) in [5, 5.41) is 8.20. The Morgan fingerprint density at radius 2 is 1.28 bits per heavy atom. The van der Waals surface area contributed by atoms with Crippen LogP contribution in [0.5, 0.6) is 0 Å². The largest absolute Gasteiger partial charge is 0.472 e. The number of amides is 2. The van der Waals surface area contributed by atoms with E-state index in [9.17, 15) is 14.4 Å². The van der Waals surface area contributed by atoms with Crippen LogP contribution in [-0.4, -0.2) is 65.7 Å². The molecule has 2 aromatic carbocycles. The molecule has 32 heavy (non-hydrogen) atoms. The first-order valence-corrected chi connectivity index (χ1v) is 10.1. The van der Waals surface area contributed by atoms with Crippen molar-refractivity contribution in [2.24, 2.45) is 0 Å². The third-order valence-electron chi connectivity index (χ3n) is 4.27. The maximum atomic E-state index is 12.0. The average molecular weight is 432 g/mol. The molecule has 164 valence electrons. The van der Waals surface area contributed by atoms with E-state index in [0.29, 0.717) is 32.8 Å². The van der Waals surface area contributed by atoms with Crippen LogP contribution in [-0.2, 0) is 14.3 Å². The highest BCUT2D eigenvalue weighted by atomic mass is 16.6. The third-order valence-corrected chi connectivity index (χ3v) is 4.27. The van der Waals surface area contributed by atoms with E-state index >= 15 is 0 Å². The second kappa shape index (κ2) is 13.1. The summed E-state index contributed by atoms with van der Waals surface area (Å²) < 4.78 is 4.94. The van der Waals surface area contributed by atoms with Crippen LogP contribution in [0.4, 0.5) is 4.79 Å². The van der Waals surface area contributed by atoms with E-state index in [4.69, 9.17) is 9.84 Å². The standard InChI is InChI=1S/C16H18N2O3.C9H6O2/c1-2-21-16(20)18-12-10-17(11-13-18)15(19)9-8-14-6-4-3-5-7-14;10-9(11)7-6-8-4-2-1-3-5-8/h3-7H,2,10-13H2,1H3;1-5H,(H,10,11). The van der Waals surface area contributed by atoms with Gasteiger partial charge >= 0.3 is 12.1 Å². The summed E-state index contributed by atoms with van der Waals surface area (Å²) in [6.45, 7) is 4.08. The van der Waals surface area contributed by atoms with Crippen LogP contribution in [0.15, 0.2) is 60.7 Å². The molecule has 7 heteroatoms. The number of rotatable bonds is 1. The van der Waals surface area contributed by atoms with Gasteiger partial charge in [-0.3, -0.25) is 4.79 Å². The van der Waals surface area contributed by atoms with Gasteiger partial charge in [0.25, 0.3) is 5.91 Å². The lowest BCUT2D eigenvalue weighted by Crippen LogP contribution is -2.50. The van der Waals surface area contributed by atoms with Gasteiger partial charge in [0, 0.05) is 49.1 Å². The molecule has 0 spiro atoms. The molecule has 0 saturated carbocycles. The fraction of sp³-hybridized carbons (Fsp3) is 0.240. The maximum absolute atomic E-state index is 12.0. The molecule has 0 unspecified atom stereocenters. The molecule has 1 heterocycles. The van der Waals surface area contributed by atoms with Crippen molar-refractivity contribution < 1.29 is 24.2 Å². The number of carboxylic acid groups (broad SMARTS) is 1. The number of hydrogen-bond donors (Lipinski definition) is 1. The number of ether oxygens (including phenoxy) is 1. The Hall–Kier alpha value is -4.23. The summed E-state index contributed by atoms with van der Waals surface area (Å²) in [5.41, 5.74) is 1.53. The predicted octanol–water partition coefficient (Wildman–Crippen LogP) is 2.46. The van der Waals surface area contributed by atoms with Gasteiger partial charge in [-0.05, 0) is 31.2 Å².